The van der Waals surface area contributed by atoms with Gasteiger partial charge in [0.05, 0.1) is 5.56 Å². The van der Waals surface area contributed by atoms with E-state index in [9.17, 15) is 4.79 Å². The second kappa shape index (κ2) is 4.77. The number of hydrogen-bond acceptors (Lipinski definition) is 2. The minimum atomic E-state index is -0.897. The summed E-state index contributed by atoms with van der Waals surface area (Å²) in [6.45, 7) is 0. The van der Waals surface area contributed by atoms with Crippen molar-refractivity contribution in [1.29, 1.82) is 0 Å². The van der Waals surface area contributed by atoms with Crippen LogP contribution < -0.4 is 0 Å². The molecule has 1 N–H and O–H groups in total. The van der Waals surface area contributed by atoms with Crippen LogP contribution in [0.3, 0.4) is 0 Å². The van der Waals surface area contributed by atoms with Crippen LogP contribution in [0.4, 0.5) is 0 Å². The molecule has 2 nitrogen and oxygen atoms in total. The van der Waals surface area contributed by atoms with E-state index >= 15 is 0 Å². The SMILES string of the molecule is O=C(O)c1cccc(/C=C/c2ccsc2)c1. The lowest BCUT2D eigenvalue weighted by Gasteiger charge is -1.96. The van der Waals surface area contributed by atoms with Crippen molar-refractivity contribution in [1.82, 2.24) is 0 Å². The lowest BCUT2D eigenvalue weighted by atomic mass is 10.1. The highest BCUT2D eigenvalue weighted by atomic mass is 32.1. The summed E-state index contributed by atoms with van der Waals surface area (Å²) in [5, 5.41) is 12.9. The maximum Gasteiger partial charge on any atom is 0.335 e. The Morgan fingerprint density at radius 2 is 2.00 bits per heavy atom. The number of carboxylic acid groups (broad SMARTS) is 1. The van der Waals surface area contributed by atoms with Crippen molar-refractivity contribution in [3.05, 3.63) is 57.8 Å². The van der Waals surface area contributed by atoms with Crippen LogP contribution >= 0.6 is 11.3 Å². The van der Waals surface area contributed by atoms with Gasteiger partial charge in [-0.15, -0.1) is 0 Å². The normalized spacial score (nSPS) is 10.8. The van der Waals surface area contributed by atoms with E-state index in [0.717, 1.165) is 11.1 Å². The highest BCUT2D eigenvalue weighted by molar-refractivity contribution is 7.08. The quantitative estimate of drug-likeness (QED) is 0.874. The van der Waals surface area contributed by atoms with Gasteiger partial charge in [-0.1, -0.05) is 24.3 Å². The molecule has 80 valence electrons. The van der Waals surface area contributed by atoms with E-state index in [-0.39, 0.29) is 0 Å². The van der Waals surface area contributed by atoms with E-state index in [1.54, 1.807) is 29.5 Å². The molecular weight excluding hydrogens is 220 g/mol. The molecule has 0 saturated carbocycles. The second-order valence-electron chi connectivity index (χ2n) is 3.32. The molecule has 0 bridgehead atoms. The highest BCUT2D eigenvalue weighted by Gasteiger charge is 2.00. The fraction of sp³-hybridized carbons (Fsp3) is 0. The summed E-state index contributed by atoms with van der Waals surface area (Å²) in [5.41, 5.74) is 2.34. The molecule has 0 aliphatic heterocycles. The smallest absolute Gasteiger partial charge is 0.335 e. The molecule has 0 amide bonds. The molecule has 0 atom stereocenters. The van der Waals surface area contributed by atoms with Crippen molar-refractivity contribution >= 4 is 29.5 Å². The standard InChI is InChI=1S/C13H10O2S/c14-13(15)12-3-1-2-10(8-12)4-5-11-6-7-16-9-11/h1-9H,(H,14,15)/b5-4+. The summed E-state index contributed by atoms with van der Waals surface area (Å²) in [4.78, 5) is 10.8. The molecule has 0 aliphatic carbocycles. The molecular formula is C13H10O2S. The monoisotopic (exact) mass is 230 g/mol. The molecule has 3 heteroatoms. The van der Waals surface area contributed by atoms with Crippen molar-refractivity contribution in [3.63, 3.8) is 0 Å². The number of rotatable bonds is 3. The topological polar surface area (TPSA) is 37.3 Å². The van der Waals surface area contributed by atoms with Gasteiger partial charge in [-0.3, -0.25) is 0 Å². The van der Waals surface area contributed by atoms with Crippen molar-refractivity contribution in [3.8, 4) is 0 Å². The first-order chi connectivity index (χ1) is 7.75. The zero-order valence-corrected chi connectivity index (χ0v) is 9.28. The third-order valence-corrected chi connectivity index (χ3v) is 2.85. The molecule has 0 spiro atoms. The fourth-order valence-electron chi connectivity index (χ4n) is 1.34. The predicted octanol–water partition coefficient (Wildman–Crippen LogP) is 3.62. The van der Waals surface area contributed by atoms with Gasteiger partial charge in [0.15, 0.2) is 0 Å². The first-order valence-corrected chi connectivity index (χ1v) is 5.73. The third-order valence-electron chi connectivity index (χ3n) is 2.14. The number of aromatic carboxylic acids is 1. The maximum atomic E-state index is 10.8. The van der Waals surface area contributed by atoms with Crippen molar-refractivity contribution in [2.75, 3.05) is 0 Å². The molecule has 1 aromatic heterocycles. The average molecular weight is 230 g/mol. The van der Waals surface area contributed by atoms with Gasteiger partial charge >= 0.3 is 5.97 Å². The van der Waals surface area contributed by atoms with E-state index < -0.39 is 5.97 Å². The summed E-state index contributed by atoms with van der Waals surface area (Å²) in [6, 6.07) is 8.89. The van der Waals surface area contributed by atoms with Crippen LogP contribution in [0.5, 0.6) is 0 Å². The zero-order valence-electron chi connectivity index (χ0n) is 8.46. The Kier molecular flexibility index (Phi) is 3.17. The summed E-state index contributed by atoms with van der Waals surface area (Å²) in [7, 11) is 0. The lowest BCUT2D eigenvalue weighted by Crippen LogP contribution is -1.95. The molecule has 0 fully saturated rings. The molecule has 0 radical (unpaired) electrons. The fourth-order valence-corrected chi connectivity index (χ4v) is 1.97. The van der Waals surface area contributed by atoms with Gasteiger partial charge in [-0.2, -0.15) is 11.3 Å². The molecule has 16 heavy (non-hydrogen) atoms. The van der Waals surface area contributed by atoms with Crippen molar-refractivity contribution in [2.24, 2.45) is 0 Å². The van der Waals surface area contributed by atoms with Gasteiger partial charge < -0.3 is 5.11 Å². The predicted molar refractivity (Wildman–Crippen MR) is 66.6 cm³/mol. The Balaban J connectivity index is 2.22. The van der Waals surface area contributed by atoms with Crippen LogP contribution in [0.1, 0.15) is 21.5 Å². The van der Waals surface area contributed by atoms with Crippen LogP contribution in [0.15, 0.2) is 41.1 Å². The minimum absolute atomic E-state index is 0.312. The van der Waals surface area contributed by atoms with Gasteiger partial charge in [0.25, 0.3) is 0 Å². The van der Waals surface area contributed by atoms with E-state index in [1.807, 2.05) is 35.0 Å². The van der Waals surface area contributed by atoms with Crippen LogP contribution in [-0.2, 0) is 0 Å². The molecule has 0 unspecified atom stereocenters. The Bertz CT molecular complexity index is 512. The molecule has 0 saturated heterocycles. The average Bonchev–Trinajstić information content (AvgIpc) is 2.79. The number of thiophene rings is 1. The van der Waals surface area contributed by atoms with Crippen LogP contribution in [0.25, 0.3) is 12.2 Å². The maximum absolute atomic E-state index is 10.8. The number of carbonyl (C=O) groups is 1. The molecule has 2 aromatic rings. The van der Waals surface area contributed by atoms with Crippen LogP contribution in [0.2, 0.25) is 0 Å². The number of carboxylic acids is 1. The Morgan fingerprint density at radius 1 is 1.19 bits per heavy atom. The molecule has 1 aromatic carbocycles. The van der Waals surface area contributed by atoms with E-state index in [2.05, 4.69) is 0 Å². The number of benzene rings is 1. The highest BCUT2D eigenvalue weighted by Crippen LogP contribution is 2.12. The summed E-state index contributed by atoms with van der Waals surface area (Å²) in [5.74, 6) is -0.897. The van der Waals surface area contributed by atoms with Gasteiger partial charge in [-0.05, 0) is 40.1 Å². The van der Waals surface area contributed by atoms with Gasteiger partial charge in [0, 0.05) is 0 Å². The second-order valence-corrected chi connectivity index (χ2v) is 4.10. The molecule has 1 heterocycles. The summed E-state index contributed by atoms with van der Waals surface area (Å²) >= 11 is 1.64. The van der Waals surface area contributed by atoms with Gasteiger partial charge in [-0.25, -0.2) is 4.79 Å². The zero-order chi connectivity index (χ0) is 11.4. The van der Waals surface area contributed by atoms with Gasteiger partial charge in [0.1, 0.15) is 0 Å². The number of hydrogen-bond donors (Lipinski definition) is 1. The van der Waals surface area contributed by atoms with E-state index in [4.69, 9.17) is 5.11 Å². The van der Waals surface area contributed by atoms with Crippen LogP contribution in [0, 0.1) is 0 Å². The Hall–Kier alpha value is -1.87. The van der Waals surface area contributed by atoms with Gasteiger partial charge in [0.2, 0.25) is 0 Å². The minimum Gasteiger partial charge on any atom is -0.478 e. The van der Waals surface area contributed by atoms with Crippen molar-refractivity contribution in [2.45, 2.75) is 0 Å². The summed E-state index contributed by atoms with van der Waals surface area (Å²) in [6.07, 6.45) is 3.88. The first kappa shape index (κ1) is 10.6. The first-order valence-electron chi connectivity index (χ1n) is 4.79. The molecule has 2 rings (SSSR count). The largest absolute Gasteiger partial charge is 0.478 e. The summed E-state index contributed by atoms with van der Waals surface area (Å²) < 4.78 is 0. The third kappa shape index (κ3) is 2.58. The van der Waals surface area contributed by atoms with E-state index in [0.29, 0.717) is 5.56 Å². The Morgan fingerprint density at radius 3 is 2.69 bits per heavy atom. The Labute approximate surface area is 97.5 Å². The lowest BCUT2D eigenvalue weighted by molar-refractivity contribution is 0.0697. The van der Waals surface area contributed by atoms with Crippen LogP contribution in [-0.4, -0.2) is 11.1 Å². The molecule has 0 aliphatic rings. The van der Waals surface area contributed by atoms with Crippen molar-refractivity contribution < 1.29 is 9.90 Å². The van der Waals surface area contributed by atoms with E-state index in [1.165, 1.54) is 0 Å².